The Morgan fingerprint density at radius 3 is 2.06 bits per heavy atom. The molecule has 0 aliphatic rings. The zero-order valence-corrected chi connectivity index (χ0v) is 10.6. The van der Waals surface area contributed by atoms with E-state index in [9.17, 15) is 13.2 Å². The van der Waals surface area contributed by atoms with Gasteiger partial charge in [0.25, 0.3) is 0 Å². The normalized spacial score (nSPS) is 14.8. The fraction of sp³-hybridized carbons (Fsp3) is 1.00. The van der Waals surface area contributed by atoms with Crippen molar-refractivity contribution in [3.05, 3.63) is 0 Å². The van der Waals surface area contributed by atoms with E-state index in [0.29, 0.717) is 13.1 Å². The SMILES string of the molecule is CCNCC(C(C)C)N(CC)CC(F)(F)F. The Morgan fingerprint density at radius 1 is 1.19 bits per heavy atom. The summed E-state index contributed by atoms with van der Waals surface area (Å²) in [5, 5.41) is 3.12. The van der Waals surface area contributed by atoms with Crippen LogP contribution in [-0.2, 0) is 0 Å². The average molecular weight is 240 g/mol. The molecule has 5 heteroatoms. The minimum absolute atomic E-state index is 0.0634. The largest absolute Gasteiger partial charge is 0.401 e. The molecule has 0 aliphatic carbocycles. The molecule has 0 saturated carbocycles. The highest BCUT2D eigenvalue weighted by molar-refractivity contribution is 4.78. The predicted molar refractivity (Wildman–Crippen MR) is 60.5 cm³/mol. The molecule has 0 saturated heterocycles. The second-order valence-electron chi connectivity index (χ2n) is 4.30. The summed E-state index contributed by atoms with van der Waals surface area (Å²) in [7, 11) is 0. The highest BCUT2D eigenvalue weighted by atomic mass is 19.4. The summed E-state index contributed by atoms with van der Waals surface area (Å²) in [6.45, 7) is 8.64. The van der Waals surface area contributed by atoms with Gasteiger partial charge < -0.3 is 5.32 Å². The molecule has 2 nitrogen and oxygen atoms in total. The molecule has 0 heterocycles. The maximum atomic E-state index is 12.4. The molecule has 0 fully saturated rings. The van der Waals surface area contributed by atoms with E-state index in [1.165, 1.54) is 4.90 Å². The molecule has 0 spiro atoms. The molecule has 16 heavy (non-hydrogen) atoms. The van der Waals surface area contributed by atoms with E-state index >= 15 is 0 Å². The van der Waals surface area contributed by atoms with Crippen LogP contribution in [-0.4, -0.2) is 43.3 Å². The molecule has 0 aromatic carbocycles. The Labute approximate surface area is 96.2 Å². The standard InChI is InChI=1S/C11H23F3N2/c1-5-15-7-10(9(3)4)16(6-2)8-11(12,13)14/h9-10,15H,5-8H2,1-4H3. The third kappa shape index (κ3) is 6.33. The average Bonchev–Trinajstić information content (AvgIpc) is 2.14. The van der Waals surface area contributed by atoms with Gasteiger partial charge >= 0.3 is 6.18 Å². The first-order chi connectivity index (χ1) is 7.31. The van der Waals surface area contributed by atoms with Gasteiger partial charge in [-0.2, -0.15) is 13.2 Å². The number of nitrogens with one attached hydrogen (secondary N) is 1. The van der Waals surface area contributed by atoms with Gasteiger partial charge in [-0.1, -0.05) is 27.7 Å². The molecular weight excluding hydrogens is 217 g/mol. The van der Waals surface area contributed by atoms with Crippen LogP contribution in [0.3, 0.4) is 0 Å². The van der Waals surface area contributed by atoms with E-state index in [4.69, 9.17) is 0 Å². The highest BCUT2D eigenvalue weighted by Gasteiger charge is 2.33. The summed E-state index contributed by atoms with van der Waals surface area (Å²) in [5.41, 5.74) is 0. The number of rotatable bonds is 7. The van der Waals surface area contributed by atoms with E-state index in [-0.39, 0.29) is 12.0 Å². The first-order valence-corrected chi connectivity index (χ1v) is 5.83. The van der Waals surface area contributed by atoms with Crippen LogP contribution in [0.5, 0.6) is 0 Å². The van der Waals surface area contributed by atoms with Crippen molar-refractivity contribution in [1.82, 2.24) is 10.2 Å². The van der Waals surface area contributed by atoms with Crippen LogP contribution >= 0.6 is 0 Å². The highest BCUT2D eigenvalue weighted by Crippen LogP contribution is 2.20. The smallest absolute Gasteiger partial charge is 0.315 e. The van der Waals surface area contributed by atoms with Crippen molar-refractivity contribution in [1.29, 1.82) is 0 Å². The first-order valence-electron chi connectivity index (χ1n) is 5.83. The summed E-state index contributed by atoms with van der Waals surface area (Å²) in [4.78, 5) is 1.49. The monoisotopic (exact) mass is 240 g/mol. The molecule has 0 aliphatic heterocycles. The van der Waals surface area contributed by atoms with Crippen LogP contribution in [0.2, 0.25) is 0 Å². The van der Waals surface area contributed by atoms with Gasteiger partial charge in [-0.3, -0.25) is 4.90 Å². The predicted octanol–water partition coefficient (Wildman–Crippen LogP) is 2.50. The van der Waals surface area contributed by atoms with Gasteiger partial charge in [0.2, 0.25) is 0 Å². The van der Waals surface area contributed by atoms with Gasteiger partial charge in [0.05, 0.1) is 6.54 Å². The summed E-state index contributed by atoms with van der Waals surface area (Å²) < 4.78 is 37.1. The van der Waals surface area contributed by atoms with Crippen LogP contribution in [0.4, 0.5) is 13.2 Å². The Hall–Kier alpha value is -0.290. The number of alkyl halides is 3. The van der Waals surface area contributed by atoms with E-state index in [2.05, 4.69) is 5.32 Å². The van der Waals surface area contributed by atoms with Crippen LogP contribution < -0.4 is 5.32 Å². The lowest BCUT2D eigenvalue weighted by molar-refractivity contribution is -0.152. The third-order valence-corrected chi connectivity index (χ3v) is 2.63. The molecule has 0 bridgehead atoms. The van der Waals surface area contributed by atoms with Crippen molar-refractivity contribution in [3.8, 4) is 0 Å². The topological polar surface area (TPSA) is 15.3 Å². The Balaban J connectivity index is 4.45. The van der Waals surface area contributed by atoms with Crippen LogP contribution in [0.1, 0.15) is 27.7 Å². The van der Waals surface area contributed by atoms with Crippen LogP contribution in [0, 0.1) is 5.92 Å². The quantitative estimate of drug-likeness (QED) is 0.735. The van der Waals surface area contributed by atoms with Gasteiger partial charge in [0.15, 0.2) is 0 Å². The lowest BCUT2D eigenvalue weighted by Crippen LogP contribution is -2.49. The van der Waals surface area contributed by atoms with Crippen molar-refractivity contribution in [2.45, 2.75) is 39.9 Å². The second kappa shape index (κ2) is 7.12. The molecule has 0 aromatic rings. The maximum absolute atomic E-state index is 12.4. The minimum atomic E-state index is -4.12. The van der Waals surface area contributed by atoms with E-state index in [0.717, 1.165) is 6.54 Å². The zero-order chi connectivity index (χ0) is 12.8. The van der Waals surface area contributed by atoms with Gasteiger partial charge in [-0.25, -0.2) is 0 Å². The number of hydrogen-bond acceptors (Lipinski definition) is 2. The Bertz CT molecular complexity index is 181. The molecule has 0 radical (unpaired) electrons. The van der Waals surface area contributed by atoms with Crippen molar-refractivity contribution in [2.24, 2.45) is 5.92 Å². The fourth-order valence-electron chi connectivity index (χ4n) is 1.77. The van der Waals surface area contributed by atoms with Crippen molar-refractivity contribution < 1.29 is 13.2 Å². The fourth-order valence-corrected chi connectivity index (χ4v) is 1.77. The molecule has 0 aromatic heterocycles. The lowest BCUT2D eigenvalue weighted by atomic mass is 10.0. The lowest BCUT2D eigenvalue weighted by Gasteiger charge is -2.34. The number of halogens is 3. The van der Waals surface area contributed by atoms with Crippen molar-refractivity contribution >= 4 is 0 Å². The maximum Gasteiger partial charge on any atom is 0.401 e. The first kappa shape index (κ1) is 15.7. The van der Waals surface area contributed by atoms with Crippen molar-refractivity contribution in [3.63, 3.8) is 0 Å². The van der Waals surface area contributed by atoms with Gasteiger partial charge in [-0.05, 0) is 19.0 Å². The molecule has 1 atom stereocenters. The number of nitrogens with zero attached hydrogens (tertiary/aromatic N) is 1. The molecule has 98 valence electrons. The second-order valence-corrected chi connectivity index (χ2v) is 4.30. The summed E-state index contributed by atoms with van der Waals surface area (Å²) in [6.07, 6.45) is -4.12. The molecule has 1 N–H and O–H groups in total. The third-order valence-electron chi connectivity index (χ3n) is 2.63. The van der Waals surface area contributed by atoms with Gasteiger partial charge in [0.1, 0.15) is 0 Å². The van der Waals surface area contributed by atoms with Crippen LogP contribution in [0.25, 0.3) is 0 Å². The Kier molecular flexibility index (Phi) is 6.99. The minimum Gasteiger partial charge on any atom is -0.315 e. The zero-order valence-electron chi connectivity index (χ0n) is 10.6. The number of hydrogen-bond donors (Lipinski definition) is 1. The van der Waals surface area contributed by atoms with E-state index < -0.39 is 12.7 Å². The summed E-state index contributed by atoms with van der Waals surface area (Å²) in [5.74, 6) is 0.210. The Morgan fingerprint density at radius 2 is 1.75 bits per heavy atom. The molecule has 1 unspecified atom stereocenters. The summed E-state index contributed by atoms with van der Waals surface area (Å²) in [6, 6.07) is -0.0634. The summed E-state index contributed by atoms with van der Waals surface area (Å²) >= 11 is 0. The van der Waals surface area contributed by atoms with Crippen LogP contribution in [0.15, 0.2) is 0 Å². The molecule has 0 rings (SSSR count). The molecular formula is C11H23F3N2. The van der Waals surface area contributed by atoms with Crippen molar-refractivity contribution in [2.75, 3.05) is 26.2 Å². The van der Waals surface area contributed by atoms with Gasteiger partial charge in [-0.15, -0.1) is 0 Å². The molecule has 0 amide bonds. The van der Waals surface area contributed by atoms with E-state index in [1.807, 2.05) is 20.8 Å². The number of likely N-dealkylation sites (N-methyl/N-ethyl adjacent to an activating group) is 2. The van der Waals surface area contributed by atoms with E-state index in [1.54, 1.807) is 6.92 Å². The van der Waals surface area contributed by atoms with Gasteiger partial charge in [0, 0.05) is 12.6 Å².